The maximum absolute atomic E-state index is 13.9. The molecule has 4 bridgehead atoms. The summed E-state index contributed by atoms with van der Waals surface area (Å²) in [5.41, 5.74) is 2.37. The van der Waals surface area contributed by atoms with Gasteiger partial charge in [-0.3, -0.25) is 9.67 Å². The Bertz CT molecular complexity index is 2190. The molecular formula is C44H55N5O7. The van der Waals surface area contributed by atoms with Crippen LogP contribution in [0.1, 0.15) is 120 Å². The molecule has 0 spiro atoms. The number of hydrogen-bond donors (Lipinski definition) is 2. The number of rotatable bonds is 10. The molecule has 3 aromatic heterocycles. The Morgan fingerprint density at radius 3 is 2.21 bits per heavy atom. The minimum Gasteiger partial charge on any atom is -0.478 e. The fourth-order valence-corrected chi connectivity index (χ4v) is 10.9. The van der Waals surface area contributed by atoms with Crippen LogP contribution >= 0.6 is 0 Å². The molecule has 12 nitrogen and oxygen atoms in total. The van der Waals surface area contributed by atoms with Gasteiger partial charge >= 0.3 is 18.0 Å². The predicted molar refractivity (Wildman–Crippen MR) is 212 cm³/mol. The molecule has 0 saturated heterocycles. The highest BCUT2D eigenvalue weighted by molar-refractivity contribution is 6.04. The van der Waals surface area contributed by atoms with E-state index in [1.165, 1.54) is 6.20 Å². The summed E-state index contributed by atoms with van der Waals surface area (Å²) in [4.78, 5) is 47.1. The molecule has 3 heterocycles. The van der Waals surface area contributed by atoms with Gasteiger partial charge in [0, 0.05) is 53.3 Å². The number of ether oxygens (including phenoxy) is 3. The molecule has 8 rings (SSSR count). The number of carbonyl (C=O) groups excluding carboxylic acids is 2. The van der Waals surface area contributed by atoms with Crippen LogP contribution in [0.5, 0.6) is 0 Å². The summed E-state index contributed by atoms with van der Waals surface area (Å²) in [7, 11) is 0. The van der Waals surface area contributed by atoms with Crippen molar-refractivity contribution in [2.75, 3.05) is 13.2 Å². The molecule has 4 saturated carbocycles. The van der Waals surface area contributed by atoms with Crippen LogP contribution in [0.25, 0.3) is 33.2 Å². The molecule has 1 amide bonds. The number of pyridine rings is 2. The largest absolute Gasteiger partial charge is 0.478 e. The second-order valence-corrected chi connectivity index (χ2v) is 19.5. The van der Waals surface area contributed by atoms with Crippen molar-refractivity contribution in [2.24, 2.45) is 16.2 Å². The molecule has 0 aliphatic heterocycles. The van der Waals surface area contributed by atoms with Gasteiger partial charge in [0.1, 0.15) is 11.2 Å². The number of carboxylic acid groups (broad SMARTS) is 1. The number of carboxylic acids is 1. The van der Waals surface area contributed by atoms with Crippen molar-refractivity contribution in [3.63, 3.8) is 0 Å². The van der Waals surface area contributed by atoms with E-state index in [-0.39, 0.29) is 33.1 Å². The number of aromatic nitrogens is 4. The van der Waals surface area contributed by atoms with Crippen molar-refractivity contribution < 1.29 is 33.7 Å². The Hall–Kier alpha value is -4.84. The van der Waals surface area contributed by atoms with Crippen molar-refractivity contribution in [3.05, 3.63) is 65.9 Å². The van der Waals surface area contributed by atoms with E-state index in [1.54, 1.807) is 12.3 Å². The summed E-state index contributed by atoms with van der Waals surface area (Å²) in [6.45, 7) is 19.4. The van der Waals surface area contributed by atoms with Crippen LogP contribution < -0.4 is 5.32 Å². The fourth-order valence-electron chi connectivity index (χ4n) is 10.9. The predicted octanol–water partition coefficient (Wildman–Crippen LogP) is 8.78. The highest BCUT2D eigenvalue weighted by atomic mass is 16.6. The Kier molecular flexibility index (Phi) is 9.62. The molecule has 12 heteroatoms. The summed E-state index contributed by atoms with van der Waals surface area (Å²) in [5, 5.41) is 18.8. The van der Waals surface area contributed by atoms with Crippen molar-refractivity contribution in [2.45, 2.75) is 124 Å². The minimum atomic E-state index is -1.07. The van der Waals surface area contributed by atoms with Crippen LogP contribution in [0.15, 0.2) is 48.9 Å². The van der Waals surface area contributed by atoms with Gasteiger partial charge in [0.2, 0.25) is 0 Å². The van der Waals surface area contributed by atoms with Gasteiger partial charge in [-0.1, -0.05) is 26.0 Å². The summed E-state index contributed by atoms with van der Waals surface area (Å²) < 4.78 is 20.2. The molecule has 1 aromatic carbocycles. The molecular weight excluding hydrogens is 711 g/mol. The molecule has 56 heavy (non-hydrogen) atoms. The van der Waals surface area contributed by atoms with E-state index in [9.17, 15) is 19.5 Å². The lowest BCUT2D eigenvalue weighted by Crippen LogP contribution is -2.64. The van der Waals surface area contributed by atoms with Gasteiger partial charge < -0.3 is 24.6 Å². The number of nitrogens with one attached hydrogen (secondary N) is 1. The van der Waals surface area contributed by atoms with Crippen molar-refractivity contribution in [1.29, 1.82) is 0 Å². The normalized spacial score (nSPS) is 25.7. The Labute approximate surface area is 328 Å². The highest BCUT2D eigenvalue weighted by Crippen LogP contribution is 2.72. The average Bonchev–Trinajstić information content (AvgIpc) is 3.41. The van der Waals surface area contributed by atoms with Gasteiger partial charge in [0.15, 0.2) is 5.69 Å². The fraction of sp³-hybridized carbons (Fsp3) is 0.545. The summed E-state index contributed by atoms with van der Waals surface area (Å²) in [5.74, 6) is -1.63. The van der Waals surface area contributed by atoms with E-state index in [0.717, 1.165) is 56.3 Å². The smallest absolute Gasteiger partial charge is 0.407 e. The van der Waals surface area contributed by atoms with E-state index in [2.05, 4.69) is 28.8 Å². The lowest BCUT2D eigenvalue weighted by atomic mass is 9.39. The van der Waals surface area contributed by atoms with Crippen LogP contribution in [0.4, 0.5) is 4.79 Å². The minimum absolute atomic E-state index is 0.0403. The van der Waals surface area contributed by atoms with Crippen LogP contribution in [-0.4, -0.2) is 72.8 Å². The molecule has 0 radical (unpaired) electrons. The lowest BCUT2D eigenvalue weighted by molar-refractivity contribution is -0.247. The van der Waals surface area contributed by atoms with Crippen molar-refractivity contribution >= 4 is 28.8 Å². The number of carbonyl (C=O) groups is 3. The number of esters is 1. The number of hydrogen-bond acceptors (Lipinski definition) is 9. The van der Waals surface area contributed by atoms with Gasteiger partial charge in [-0.05, 0) is 127 Å². The first-order valence-electron chi connectivity index (χ1n) is 19.6. The zero-order valence-corrected chi connectivity index (χ0v) is 34.2. The highest BCUT2D eigenvalue weighted by Gasteiger charge is 2.66. The van der Waals surface area contributed by atoms with Crippen LogP contribution in [0, 0.1) is 23.2 Å². The first-order valence-corrected chi connectivity index (χ1v) is 19.6. The molecule has 2 unspecified atom stereocenters. The lowest BCUT2D eigenvalue weighted by Gasteiger charge is -2.69. The Morgan fingerprint density at radius 1 is 0.857 bits per heavy atom. The molecule has 2 N–H and O–H groups in total. The third-order valence-electron chi connectivity index (χ3n) is 11.5. The average molecular weight is 766 g/mol. The Morgan fingerprint density at radius 2 is 1.55 bits per heavy atom. The molecule has 4 aromatic rings. The maximum atomic E-state index is 13.9. The Balaban J connectivity index is 1.18. The van der Waals surface area contributed by atoms with Gasteiger partial charge in [-0.25, -0.2) is 19.4 Å². The number of aromatic carboxylic acids is 1. The molecule has 4 aliphatic rings. The van der Waals surface area contributed by atoms with Crippen molar-refractivity contribution in [1.82, 2.24) is 25.1 Å². The van der Waals surface area contributed by atoms with Crippen LogP contribution in [0.3, 0.4) is 0 Å². The summed E-state index contributed by atoms with van der Waals surface area (Å²) >= 11 is 0. The maximum Gasteiger partial charge on any atom is 0.407 e. The van der Waals surface area contributed by atoms with E-state index < -0.39 is 29.2 Å². The number of alkyl carbamates (subject to hydrolysis) is 1. The third-order valence-corrected chi connectivity index (χ3v) is 11.5. The molecule has 4 fully saturated rings. The van der Waals surface area contributed by atoms with Gasteiger partial charge in [0.25, 0.3) is 0 Å². The van der Waals surface area contributed by atoms with Crippen LogP contribution in [-0.2, 0) is 20.8 Å². The standard InChI is InChI=1S/C44H55N5O7/c1-27-32(30-12-13-34(48-35(30)37(52)55-39(2,3)4)28-10-11-29-17-45-18-33(36(50)51)31(29)16-28)19-47-49(27)26-43-21-41(8)20-42(9,22-43)24-44(23-41,25-43)54-15-14-46-38(53)56-40(5,6)7/h10-13,16-19H,14-15,20-26H2,1-9H3,(H,46,53)(H,50,51). The third kappa shape index (κ3) is 8.03. The van der Waals surface area contributed by atoms with E-state index >= 15 is 0 Å². The van der Waals surface area contributed by atoms with E-state index in [4.69, 9.17) is 24.3 Å². The second kappa shape index (κ2) is 13.7. The van der Waals surface area contributed by atoms with Gasteiger partial charge in [0.05, 0.1) is 29.7 Å². The number of benzene rings is 1. The van der Waals surface area contributed by atoms with E-state index in [0.29, 0.717) is 40.7 Å². The second-order valence-electron chi connectivity index (χ2n) is 19.5. The molecule has 298 valence electrons. The molecule has 2 atom stereocenters. The quantitative estimate of drug-likeness (QED) is 0.118. The van der Waals surface area contributed by atoms with Gasteiger partial charge in [-0.15, -0.1) is 0 Å². The zero-order valence-electron chi connectivity index (χ0n) is 34.2. The first kappa shape index (κ1) is 39.4. The van der Waals surface area contributed by atoms with Gasteiger partial charge in [-0.2, -0.15) is 5.10 Å². The monoisotopic (exact) mass is 765 g/mol. The first-order chi connectivity index (χ1) is 26.1. The number of amides is 1. The summed E-state index contributed by atoms with van der Waals surface area (Å²) in [6.07, 6.45) is 10.6. The molecule has 4 aliphatic carbocycles. The zero-order chi connectivity index (χ0) is 40.5. The topological polar surface area (TPSA) is 155 Å². The summed E-state index contributed by atoms with van der Waals surface area (Å²) in [6, 6.07) is 9.15. The van der Waals surface area contributed by atoms with E-state index in [1.807, 2.05) is 78.9 Å². The van der Waals surface area contributed by atoms with Crippen molar-refractivity contribution in [3.8, 4) is 22.4 Å². The number of nitrogens with zero attached hydrogens (tertiary/aromatic N) is 4. The van der Waals surface area contributed by atoms with Crippen LogP contribution in [0.2, 0.25) is 0 Å². The number of fused-ring (bicyclic) bond motifs is 1. The SMILES string of the molecule is Cc1c(-c2ccc(-c3ccc4cncc(C(=O)O)c4c3)nc2C(=O)OC(C)(C)C)cnn1CC12CC3(C)CC(C)(C1)CC(OCCNC(=O)OC(C)(C)C)(C3)C2.